The molecule has 0 heterocycles. The molecule has 1 fully saturated rings. The summed E-state index contributed by atoms with van der Waals surface area (Å²) in [4.78, 5) is 12.3. The van der Waals surface area contributed by atoms with E-state index in [0.717, 1.165) is 18.6 Å². The highest BCUT2D eigenvalue weighted by Gasteiger charge is 2.32. The van der Waals surface area contributed by atoms with Crippen LogP contribution in [0.1, 0.15) is 56.9 Å². The lowest BCUT2D eigenvalue weighted by molar-refractivity contribution is -0.123. The topological polar surface area (TPSA) is 26.3 Å². The number of hydrogen-bond acceptors (Lipinski definition) is 2. The van der Waals surface area contributed by atoms with Crippen molar-refractivity contribution in [2.75, 3.05) is 7.11 Å². The third-order valence-electron chi connectivity index (χ3n) is 4.22. The van der Waals surface area contributed by atoms with Gasteiger partial charge in [-0.15, -0.1) is 0 Å². The summed E-state index contributed by atoms with van der Waals surface area (Å²) in [5, 5.41) is 0. The molecule has 2 nitrogen and oxygen atoms in total. The molecule has 1 aliphatic rings. The van der Waals surface area contributed by atoms with Gasteiger partial charge in [0.25, 0.3) is 0 Å². The predicted octanol–water partition coefficient (Wildman–Crippen LogP) is 4.34. The summed E-state index contributed by atoms with van der Waals surface area (Å²) >= 11 is 0. The van der Waals surface area contributed by atoms with Crippen LogP contribution in [0.2, 0.25) is 0 Å². The van der Waals surface area contributed by atoms with Crippen LogP contribution in [0.15, 0.2) is 24.3 Å². The van der Waals surface area contributed by atoms with E-state index in [9.17, 15) is 4.79 Å². The lowest BCUT2D eigenvalue weighted by atomic mass is 9.72. The lowest BCUT2D eigenvalue weighted by Crippen LogP contribution is -2.26. The molecule has 0 amide bonds. The van der Waals surface area contributed by atoms with Crippen molar-refractivity contribution in [3.63, 3.8) is 0 Å². The van der Waals surface area contributed by atoms with Gasteiger partial charge in [0.15, 0.2) is 0 Å². The minimum atomic E-state index is 0.117. The van der Waals surface area contributed by atoms with E-state index in [1.165, 1.54) is 31.2 Å². The molecular formula is C17H24O2. The van der Waals surface area contributed by atoms with Gasteiger partial charge in [0.1, 0.15) is 11.5 Å². The van der Waals surface area contributed by atoms with E-state index >= 15 is 0 Å². The molecule has 1 saturated carbocycles. The van der Waals surface area contributed by atoms with Crippen molar-refractivity contribution in [1.29, 1.82) is 0 Å². The highest BCUT2D eigenvalue weighted by Crippen LogP contribution is 2.38. The molecule has 1 aromatic rings. The second kappa shape index (κ2) is 6.74. The van der Waals surface area contributed by atoms with E-state index in [2.05, 4.69) is 19.1 Å². The van der Waals surface area contributed by atoms with Gasteiger partial charge in [0.05, 0.1) is 7.11 Å². The van der Waals surface area contributed by atoms with Crippen LogP contribution >= 0.6 is 0 Å². The Kier molecular flexibility index (Phi) is 5.00. The van der Waals surface area contributed by atoms with Gasteiger partial charge in [-0.2, -0.15) is 0 Å². The summed E-state index contributed by atoms with van der Waals surface area (Å²) in [5.74, 6) is 1.94. The summed E-state index contributed by atoms with van der Waals surface area (Å²) in [6.45, 7) is 2.22. The van der Waals surface area contributed by atoms with Gasteiger partial charge in [-0.05, 0) is 42.9 Å². The SMILES string of the molecule is CCCC[C@@H]1CCCC(=O)[C@H]1c1ccc(OC)cc1. The van der Waals surface area contributed by atoms with Crippen molar-refractivity contribution in [2.45, 2.75) is 51.4 Å². The first-order valence-corrected chi connectivity index (χ1v) is 7.43. The monoisotopic (exact) mass is 260 g/mol. The summed E-state index contributed by atoms with van der Waals surface area (Å²) in [7, 11) is 1.67. The second-order valence-corrected chi connectivity index (χ2v) is 5.51. The molecule has 2 atom stereocenters. The Bertz CT molecular complexity index is 408. The summed E-state index contributed by atoms with van der Waals surface area (Å²) < 4.78 is 5.19. The van der Waals surface area contributed by atoms with E-state index < -0.39 is 0 Å². The number of hydrogen-bond donors (Lipinski definition) is 0. The van der Waals surface area contributed by atoms with Crippen molar-refractivity contribution >= 4 is 5.78 Å². The lowest BCUT2D eigenvalue weighted by Gasteiger charge is -2.31. The summed E-state index contributed by atoms with van der Waals surface area (Å²) in [6.07, 6.45) is 6.63. The molecule has 0 bridgehead atoms. The predicted molar refractivity (Wildman–Crippen MR) is 77.6 cm³/mol. The fraction of sp³-hybridized carbons (Fsp3) is 0.588. The third kappa shape index (κ3) is 3.37. The number of Topliss-reactive ketones (excluding diaryl/α,β-unsaturated/α-hetero) is 1. The van der Waals surface area contributed by atoms with Crippen LogP contribution in [0.4, 0.5) is 0 Å². The molecule has 0 unspecified atom stereocenters. The number of ether oxygens (including phenoxy) is 1. The maximum atomic E-state index is 12.3. The van der Waals surface area contributed by atoms with Crippen LogP contribution in [-0.2, 0) is 4.79 Å². The van der Waals surface area contributed by atoms with Gasteiger partial charge in [-0.3, -0.25) is 4.79 Å². The number of ketones is 1. The van der Waals surface area contributed by atoms with Crippen LogP contribution in [0.5, 0.6) is 5.75 Å². The third-order valence-corrected chi connectivity index (χ3v) is 4.22. The van der Waals surface area contributed by atoms with Crippen LogP contribution in [0, 0.1) is 5.92 Å². The van der Waals surface area contributed by atoms with Gasteiger partial charge >= 0.3 is 0 Å². The molecule has 0 radical (unpaired) electrons. The smallest absolute Gasteiger partial charge is 0.140 e. The number of carbonyl (C=O) groups is 1. The maximum absolute atomic E-state index is 12.3. The maximum Gasteiger partial charge on any atom is 0.140 e. The van der Waals surface area contributed by atoms with Crippen LogP contribution in [0.3, 0.4) is 0 Å². The number of carbonyl (C=O) groups excluding carboxylic acids is 1. The van der Waals surface area contributed by atoms with Crippen LogP contribution in [-0.4, -0.2) is 12.9 Å². The van der Waals surface area contributed by atoms with E-state index in [1.54, 1.807) is 7.11 Å². The molecule has 1 aromatic carbocycles. The molecule has 1 aliphatic carbocycles. The first kappa shape index (κ1) is 14.1. The average Bonchev–Trinajstić information content (AvgIpc) is 2.45. The van der Waals surface area contributed by atoms with Crippen molar-refractivity contribution in [3.05, 3.63) is 29.8 Å². The molecule has 104 valence electrons. The van der Waals surface area contributed by atoms with Crippen molar-refractivity contribution in [1.82, 2.24) is 0 Å². The van der Waals surface area contributed by atoms with Gasteiger partial charge in [-0.1, -0.05) is 31.9 Å². The second-order valence-electron chi connectivity index (χ2n) is 5.51. The van der Waals surface area contributed by atoms with Gasteiger partial charge < -0.3 is 4.74 Å². The highest BCUT2D eigenvalue weighted by atomic mass is 16.5. The van der Waals surface area contributed by atoms with Gasteiger partial charge in [0.2, 0.25) is 0 Å². The average molecular weight is 260 g/mol. The van der Waals surface area contributed by atoms with E-state index in [0.29, 0.717) is 11.7 Å². The standard InChI is InChI=1S/C17H24O2/c1-3-4-6-13-7-5-8-16(18)17(13)14-9-11-15(19-2)12-10-14/h9-13,17H,3-8H2,1-2H3/t13-,17-/m1/s1. The Morgan fingerprint density at radius 3 is 2.63 bits per heavy atom. The van der Waals surface area contributed by atoms with Crippen molar-refractivity contribution in [2.24, 2.45) is 5.92 Å². The zero-order chi connectivity index (χ0) is 13.7. The minimum absolute atomic E-state index is 0.117. The molecule has 0 spiro atoms. The number of unbranched alkanes of at least 4 members (excludes halogenated alkanes) is 1. The fourth-order valence-corrected chi connectivity index (χ4v) is 3.17. The number of benzene rings is 1. The zero-order valence-electron chi connectivity index (χ0n) is 12.0. The molecule has 19 heavy (non-hydrogen) atoms. The Morgan fingerprint density at radius 2 is 2.00 bits per heavy atom. The minimum Gasteiger partial charge on any atom is -0.497 e. The Balaban J connectivity index is 2.17. The molecule has 2 heteroatoms. The number of methoxy groups -OCH3 is 1. The molecular weight excluding hydrogens is 236 g/mol. The quantitative estimate of drug-likeness (QED) is 0.787. The zero-order valence-corrected chi connectivity index (χ0v) is 12.0. The molecule has 2 rings (SSSR count). The van der Waals surface area contributed by atoms with Crippen molar-refractivity contribution in [3.8, 4) is 5.75 Å². The molecule has 0 aliphatic heterocycles. The van der Waals surface area contributed by atoms with E-state index in [4.69, 9.17) is 4.74 Å². The number of rotatable bonds is 5. The van der Waals surface area contributed by atoms with Gasteiger partial charge in [0, 0.05) is 12.3 Å². The van der Waals surface area contributed by atoms with Crippen LogP contribution in [0.25, 0.3) is 0 Å². The molecule has 0 N–H and O–H groups in total. The highest BCUT2D eigenvalue weighted by molar-refractivity contribution is 5.86. The molecule has 0 saturated heterocycles. The van der Waals surface area contributed by atoms with E-state index in [-0.39, 0.29) is 5.92 Å². The largest absolute Gasteiger partial charge is 0.497 e. The molecule has 0 aromatic heterocycles. The van der Waals surface area contributed by atoms with Crippen molar-refractivity contribution < 1.29 is 9.53 Å². The fourth-order valence-electron chi connectivity index (χ4n) is 3.17. The summed E-state index contributed by atoms with van der Waals surface area (Å²) in [5.41, 5.74) is 1.17. The first-order valence-electron chi connectivity index (χ1n) is 7.43. The first-order chi connectivity index (χ1) is 9.26. The normalized spacial score (nSPS) is 23.4. The Morgan fingerprint density at radius 1 is 1.26 bits per heavy atom. The van der Waals surface area contributed by atoms with Crippen LogP contribution < -0.4 is 4.74 Å². The Labute approximate surface area is 116 Å². The van der Waals surface area contributed by atoms with Gasteiger partial charge in [-0.25, -0.2) is 0 Å². The van der Waals surface area contributed by atoms with E-state index in [1.807, 2.05) is 12.1 Å². The summed E-state index contributed by atoms with van der Waals surface area (Å²) in [6, 6.07) is 8.06. The Hall–Kier alpha value is -1.31.